The zero-order valence-electron chi connectivity index (χ0n) is 15.1. The molecule has 1 heterocycles. The van der Waals surface area contributed by atoms with E-state index in [1.165, 1.54) is 0 Å². The highest BCUT2D eigenvalue weighted by atomic mass is 19.4. The first-order chi connectivity index (χ1) is 12.4. The topological polar surface area (TPSA) is 41.6 Å². The molecular formula is C19H27F3N2O2. The maximum absolute atomic E-state index is 12.2. The van der Waals surface area contributed by atoms with E-state index in [9.17, 15) is 18.0 Å². The minimum absolute atomic E-state index is 0.0829. The maximum Gasteiger partial charge on any atom is 0.389 e. The summed E-state index contributed by atoms with van der Waals surface area (Å²) < 4.78 is 42.6. The van der Waals surface area contributed by atoms with Gasteiger partial charge in [-0.25, -0.2) is 0 Å². The number of ether oxygens (including phenoxy) is 1. The van der Waals surface area contributed by atoms with Crippen LogP contribution in [0.2, 0.25) is 0 Å². The molecule has 0 aromatic heterocycles. The number of fused-ring (bicyclic) bond motifs is 1. The molecule has 1 N–H and O–H groups in total. The number of benzene rings is 1. The van der Waals surface area contributed by atoms with E-state index in [4.69, 9.17) is 4.74 Å². The highest BCUT2D eigenvalue weighted by molar-refractivity contribution is 5.75. The number of carbonyl (C=O) groups is 1. The van der Waals surface area contributed by atoms with Crippen molar-refractivity contribution in [3.63, 3.8) is 0 Å². The molecule has 1 unspecified atom stereocenters. The summed E-state index contributed by atoms with van der Waals surface area (Å²) in [7, 11) is 0. The molecule has 0 aliphatic carbocycles. The molecule has 2 rings (SSSR count). The summed E-state index contributed by atoms with van der Waals surface area (Å²) in [6.07, 6.45) is -2.68. The van der Waals surface area contributed by atoms with E-state index in [-0.39, 0.29) is 6.10 Å². The number of hydrogen-bond acceptors (Lipinski definition) is 3. The van der Waals surface area contributed by atoms with Gasteiger partial charge in [-0.2, -0.15) is 13.2 Å². The number of unbranched alkanes of at least 4 members (excludes halogenated alkanes) is 1. The number of para-hydroxylation sites is 1. The number of halogens is 3. The van der Waals surface area contributed by atoms with Gasteiger partial charge in [-0.05, 0) is 18.9 Å². The number of hydrogen-bond donors (Lipinski definition) is 1. The van der Waals surface area contributed by atoms with E-state index in [1.54, 1.807) is 0 Å². The van der Waals surface area contributed by atoms with Crippen LogP contribution in [0.4, 0.5) is 13.2 Å². The Hall–Kier alpha value is -1.76. The molecule has 7 heteroatoms. The quantitative estimate of drug-likeness (QED) is 0.753. The maximum atomic E-state index is 12.2. The van der Waals surface area contributed by atoms with Crippen molar-refractivity contribution in [1.82, 2.24) is 10.2 Å². The fraction of sp³-hybridized carbons (Fsp3) is 0.632. The molecule has 0 radical (unpaired) electrons. The highest BCUT2D eigenvalue weighted by Crippen LogP contribution is 2.26. The third kappa shape index (κ3) is 7.23. The predicted molar refractivity (Wildman–Crippen MR) is 94.0 cm³/mol. The van der Waals surface area contributed by atoms with Gasteiger partial charge in [0.05, 0.1) is 6.42 Å². The third-order valence-electron chi connectivity index (χ3n) is 4.39. The first-order valence-electron chi connectivity index (χ1n) is 9.17. The molecule has 0 saturated heterocycles. The van der Waals surface area contributed by atoms with Crippen LogP contribution in [0.3, 0.4) is 0 Å². The number of amides is 1. The first-order valence-corrected chi connectivity index (χ1v) is 9.17. The molecular weight excluding hydrogens is 345 g/mol. The van der Waals surface area contributed by atoms with Crippen molar-refractivity contribution >= 4 is 5.91 Å². The van der Waals surface area contributed by atoms with Gasteiger partial charge in [-0.3, -0.25) is 9.69 Å². The molecule has 0 bridgehead atoms. The molecule has 1 aromatic rings. The normalized spacial score (nSPS) is 17.9. The highest BCUT2D eigenvalue weighted by Gasteiger charge is 2.28. The second-order valence-corrected chi connectivity index (χ2v) is 6.69. The van der Waals surface area contributed by atoms with Crippen LogP contribution >= 0.6 is 0 Å². The van der Waals surface area contributed by atoms with E-state index in [0.717, 1.165) is 37.1 Å². The molecule has 1 atom stereocenters. The average Bonchev–Trinajstić information content (AvgIpc) is 2.76. The lowest BCUT2D eigenvalue weighted by Gasteiger charge is -2.24. The number of nitrogens with one attached hydrogen (secondary N) is 1. The van der Waals surface area contributed by atoms with E-state index >= 15 is 0 Å². The van der Waals surface area contributed by atoms with Gasteiger partial charge in [0.15, 0.2) is 0 Å². The third-order valence-corrected chi connectivity index (χ3v) is 4.39. The summed E-state index contributed by atoms with van der Waals surface area (Å²) in [6.45, 7) is 4.50. The number of carbonyl (C=O) groups excluding carboxylic acids is 1. The van der Waals surface area contributed by atoms with Gasteiger partial charge in [-0.15, -0.1) is 0 Å². The van der Waals surface area contributed by atoms with E-state index < -0.39 is 24.9 Å². The minimum Gasteiger partial charge on any atom is -0.489 e. The Morgan fingerprint density at radius 2 is 2.12 bits per heavy atom. The standard InChI is InChI=1S/C19H27F3N2O2/c1-2-3-7-16-14-24(13-15-6-4-5-8-17(15)26-16)12-11-23-18(25)9-10-19(20,21)22/h4-6,8,16H,2-3,7,9-14H2,1H3,(H,23,25). The van der Waals surface area contributed by atoms with Crippen LogP contribution in [-0.4, -0.2) is 42.7 Å². The van der Waals surface area contributed by atoms with Crippen LogP contribution in [0, 0.1) is 0 Å². The Bertz CT molecular complexity index is 578. The molecule has 0 saturated carbocycles. The van der Waals surface area contributed by atoms with Crippen molar-refractivity contribution < 1.29 is 22.7 Å². The SMILES string of the molecule is CCCCC1CN(CCNC(=O)CCC(F)(F)F)Cc2ccccc2O1. The van der Waals surface area contributed by atoms with Crippen LogP contribution in [0.1, 0.15) is 44.6 Å². The van der Waals surface area contributed by atoms with Crippen LogP contribution < -0.4 is 10.1 Å². The van der Waals surface area contributed by atoms with Crippen LogP contribution in [-0.2, 0) is 11.3 Å². The molecule has 1 aromatic carbocycles. The molecule has 1 aliphatic heterocycles. The lowest BCUT2D eigenvalue weighted by molar-refractivity contribution is -0.144. The number of rotatable bonds is 8. The van der Waals surface area contributed by atoms with Crippen molar-refractivity contribution in [2.24, 2.45) is 0 Å². The summed E-state index contributed by atoms with van der Waals surface area (Å²) in [5.74, 6) is 0.335. The molecule has 4 nitrogen and oxygen atoms in total. The summed E-state index contributed by atoms with van der Waals surface area (Å²) in [5, 5.41) is 2.58. The summed E-state index contributed by atoms with van der Waals surface area (Å²) >= 11 is 0. The summed E-state index contributed by atoms with van der Waals surface area (Å²) in [5.41, 5.74) is 1.09. The lowest BCUT2D eigenvalue weighted by Crippen LogP contribution is -2.38. The fourth-order valence-corrected chi connectivity index (χ4v) is 3.01. The van der Waals surface area contributed by atoms with E-state index in [1.807, 2.05) is 24.3 Å². The van der Waals surface area contributed by atoms with Gasteiger partial charge in [0.25, 0.3) is 0 Å². The second-order valence-electron chi connectivity index (χ2n) is 6.69. The molecule has 0 spiro atoms. The van der Waals surface area contributed by atoms with Crippen LogP contribution in [0.5, 0.6) is 5.75 Å². The van der Waals surface area contributed by atoms with Crippen LogP contribution in [0.15, 0.2) is 24.3 Å². The van der Waals surface area contributed by atoms with Crippen molar-refractivity contribution in [1.29, 1.82) is 0 Å². The first kappa shape index (κ1) is 20.6. The average molecular weight is 372 g/mol. The van der Waals surface area contributed by atoms with Crippen molar-refractivity contribution in [2.75, 3.05) is 19.6 Å². The zero-order chi connectivity index (χ0) is 19.0. The monoisotopic (exact) mass is 372 g/mol. The predicted octanol–water partition coefficient (Wildman–Crippen LogP) is 3.90. The van der Waals surface area contributed by atoms with Crippen molar-refractivity contribution in [3.8, 4) is 5.75 Å². The Morgan fingerprint density at radius 1 is 1.35 bits per heavy atom. The zero-order valence-corrected chi connectivity index (χ0v) is 15.1. The van der Waals surface area contributed by atoms with Crippen molar-refractivity contribution in [3.05, 3.63) is 29.8 Å². The second kappa shape index (κ2) is 9.80. The van der Waals surface area contributed by atoms with E-state index in [2.05, 4.69) is 17.1 Å². The number of nitrogens with zero attached hydrogens (tertiary/aromatic N) is 1. The fourth-order valence-electron chi connectivity index (χ4n) is 3.01. The smallest absolute Gasteiger partial charge is 0.389 e. The summed E-state index contributed by atoms with van der Waals surface area (Å²) in [4.78, 5) is 13.7. The molecule has 1 aliphatic rings. The van der Waals surface area contributed by atoms with Gasteiger partial charge in [0, 0.05) is 38.2 Å². The van der Waals surface area contributed by atoms with Gasteiger partial charge in [0.1, 0.15) is 11.9 Å². The van der Waals surface area contributed by atoms with Gasteiger partial charge in [0.2, 0.25) is 5.91 Å². The Labute approximate surface area is 152 Å². The van der Waals surface area contributed by atoms with E-state index in [0.29, 0.717) is 19.6 Å². The largest absolute Gasteiger partial charge is 0.489 e. The van der Waals surface area contributed by atoms with Gasteiger partial charge in [-0.1, -0.05) is 31.5 Å². The summed E-state index contributed by atoms with van der Waals surface area (Å²) in [6, 6.07) is 7.90. The lowest BCUT2D eigenvalue weighted by atomic mass is 10.1. The molecule has 1 amide bonds. The van der Waals surface area contributed by atoms with Crippen molar-refractivity contribution in [2.45, 2.75) is 57.9 Å². The molecule has 26 heavy (non-hydrogen) atoms. The Kier molecular flexibility index (Phi) is 7.75. The Balaban J connectivity index is 1.86. The number of alkyl halides is 3. The molecule has 146 valence electrons. The Morgan fingerprint density at radius 3 is 2.85 bits per heavy atom. The minimum atomic E-state index is -4.30. The van der Waals surface area contributed by atoms with Gasteiger partial charge >= 0.3 is 6.18 Å². The molecule has 0 fully saturated rings. The van der Waals surface area contributed by atoms with Gasteiger partial charge < -0.3 is 10.1 Å². The van der Waals surface area contributed by atoms with Crippen LogP contribution in [0.25, 0.3) is 0 Å².